The maximum atomic E-state index is 12.9. The predicted molar refractivity (Wildman–Crippen MR) is 56.0 cm³/mol. The number of carbonyl (C=O) groups excluding carboxylic acids is 1. The number of hydrogen-bond donors (Lipinski definition) is 0. The van der Waals surface area contributed by atoms with Gasteiger partial charge in [0, 0.05) is 13.1 Å². The summed E-state index contributed by atoms with van der Waals surface area (Å²) in [6.45, 7) is 1.45. The van der Waals surface area contributed by atoms with Crippen molar-refractivity contribution < 1.29 is 9.18 Å². The van der Waals surface area contributed by atoms with Crippen LogP contribution in [0.25, 0.3) is 0 Å². The summed E-state index contributed by atoms with van der Waals surface area (Å²) in [6.07, 6.45) is 2.88. The molecule has 2 heterocycles. The number of hydrogen-bond acceptors (Lipinski definition) is 3. The predicted octanol–water partition coefficient (Wildman–Crippen LogP) is 1.83. The number of aromatic nitrogens is 1. The summed E-state index contributed by atoms with van der Waals surface area (Å²) in [5.74, 6) is 0. The van der Waals surface area contributed by atoms with Gasteiger partial charge in [-0.3, -0.25) is 9.78 Å². The van der Waals surface area contributed by atoms with Crippen LogP contribution in [0.15, 0.2) is 18.3 Å². The Morgan fingerprint density at radius 2 is 2.13 bits per heavy atom. The maximum absolute atomic E-state index is 12.9. The van der Waals surface area contributed by atoms with E-state index in [2.05, 4.69) is 9.88 Å². The molecular formula is C11H13FN2O. The second-order valence-electron chi connectivity index (χ2n) is 3.72. The first-order valence-corrected chi connectivity index (χ1v) is 5.10. The van der Waals surface area contributed by atoms with Crippen molar-refractivity contribution in [2.75, 3.05) is 18.0 Å². The van der Waals surface area contributed by atoms with Gasteiger partial charge in [-0.15, -0.1) is 0 Å². The van der Waals surface area contributed by atoms with Gasteiger partial charge in [-0.2, -0.15) is 0 Å². The number of anilines is 1. The molecule has 15 heavy (non-hydrogen) atoms. The number of aldehydes is 1. The van der Waals surface area contributed by atoms with Gasteiger partial charge in [0.2, 0.25) is 0 Å². The van der Waals surface area contributed by atoms with E-state index in [-0.39, 0.29) is 0 Å². The quantitative estimate of drug-likeness (QED) is 0.695. The van der Waals surface area contributed by atoms with Crippen molar-refractivity contribution in [1.82, 2.24) is 4.98 Å². The van der Waals surface area contributed by atoms with E-state index in [0.29, 0.717) is 18.5 Å². The number of pyridine rings is 1. The first-order chi connectivity index (χ1) is 7.29. The lowest BCUT2D eigenvalue weighted by Crippen LogP contribution is -2.34. The normalized spacial score (nSPS) is 17.8. The van der Waals surface area contributed by atoms with Crippen LogP contribution in [-0.4, -0.2) is 30.5 Å². The molecule has 0 spiro atoms. The first-order valence-electron chi connectivity index (χ1n) is 5.10. The number of piperidine rings is 1. The zero-order valence-corrected chi connectivity index (χ0v) is 8.40. The summed E-state index contributed by atoms with van der Waals surface area (Å²) >= 11 is 0. The molecule has 0 radical (unpaired) electrons. The van der Waals surface area contributed by atoms with Gasteiger partial charge in [0.05, 0.1) is 11.9 Å². The van der Waals surface area contributed by atoms with Gasteiger partial charge in [0.15, 0.2) is 6.29 Å². The Morgan fingerprint density at radius 3 is 2.67 bits per heavy atom. The lowest BCUT2D eigenvalue weighted by atomic mass is 10.1. The number of alkyl halides is 1. The second-order valence-corrected chi connectivity index (χ2v) is 3.72. The summed E-state index contributed by atoms with van der Waals surface area (Å²) in [4.78, 5) is 16.5. The minimum atomic E-state index is -0.663. The highest BCUT2D eigenvalue weighted by molar-refractivity contribution is 5.72. The molecule has 0 N–H and O–H groups in total. The van der Waals surface area contributed by atoms with Gasteiger partial charge >= 0.3 is 0 Å². The Morgan fingerprint density at radius 1 is 1.40 bits per heavy atom. The van der Waals surface area contributed by atoms with E-state index in [1.54, 1.807) is 12.3 Å². The van der Waals surface area contributed by atoms with Crippen molar-refractivity contribution in [1.29, 1.82) is 0 Å². The van der Waals surface area contributed by atoms with Gasteiger partial charge in [0.1, 0.15) is 11.9 Å². The van der Waals surface area contributed by atoms with Crippen molar-refractivity contribution in [3.8, 4) is 0 Å². The molecule has 1 aliphatic heterocycles. The monoisotopic (exact) mass is 208 g/mol. The largest absolute Gasteiger partial charge is 0.370 e. The third-order valence-corrected chi connectivity index (χ3v) is 2.68. The van der Waals surface area contributed by atoms with E-state index in [1.807, 2.05) is 6.07 Å². The molecule has 0 aromatic carbocycles. The summed E-state index contributed by atoms with van der Waals surface area (Å²) in [5.41, 5.74) is 1.40. The summed E-state index contributed by atoms with van der Waals surface area (Å²) in [5, 5.41) is 0. The standard InChI is InChI=1S/C11H13FN2O/c12-9-3-5-14(6-4-9)11-2-1-10(8-15)13-7-11/h1-2,7-9H,3-6H2. The third kappa shape index (κ3) is 2.32. The molecule has 1 aliphatic rings. The van der Waals surface area contributed by atoms with Crippen LogP contribution < -0.4 is 4.90 Å². The highest BCUT2D eigenvalue weighted by atomic mass is 19.1. The molecular weight excluding hydrogens is 195 g/mol. The minimum Gasteiger partial charge on any atom is -0.370 e. The molecule has 0 amide bonds. The molecule has 1 aromatic heterocycles. The van der Waals surface area contributed by atoms with Crippen LogP contribution in [0, 0.1) is 0 Å². The number of halogens is 1. The SMILES string of the molecule is O=Cc1ccc(N2CCC(F)CC2)cn1. The van der Waals surface area contributed by atoms with E-state index in [1.165, 1.54) is 0 Å². The molecule has 0 aliphatic carbocycles. The smallest absolute Gasteiger partial charge is 0.168 e. The van der Waals surface area contributed by atoms with Crippen LogP contribution in [0.5, 0.6) is 0 Å². The van der Waals surface area contributed by atoms with Gasteiger partial charge in [-0.25, -0.2) is 4.39 Å². The summed E-state index contributed by atoms with van der Waals surface area (Å²) in [7, 11) is 0. The van der Waals surface area contributed by atoms with Crippen molar-refractivity contribution in [3.63, 3.8) is 0 Å². The fraction of sp³-hybridized carbons (Fsp3) is 0.455. The van der Waals surface area contributed by atoms with E-state index in [0.717, 1.165) is 25.1 Å². The van der Waals surface area contributed by atoms with Crippen molar-refractivity contribution >= 4 is 12.0 Å². The zero-order valence-electron chi connectivity index (χ0n) is 8.40. The average Bonchev–Trinajstić information content (AvgIpc) is 2.30. The topological polar surface area (TPSA) is 33.2 Å². The third-order valence-electron chi connectivity index (χ3n) is 2.68. The molecule has 0 unspecified atom stereocenters. The van der Waals surface area contributed by atoms with Crippen LogP contribution >= 0.6 is 0 Å². The fourth-order valence-corrected chi connectivity index (χ4v) is 1.76. The molecule has 0 saturated carbocycles. The van der Waals surface area contributed by atoms with Crippen molar-refractivity contribution in [3.05, 3.63) is 24.0 Å². The number of carbonyl (C=O) groups is 1. The van der Waals surface area contributed by atoms with Crippen LogP contribution in [0.2, 0.25) is 0 Å². The van der Waals surface area contributed by atoms with E-state index in [4.69, 9.17) is 0 Å². The maximum Gasteiger partial charge on any atom is 0.168 e. The fourth-order valence-electron chi connectivity index (χ4n) is 1.76. The zero-order chi connectivity index (χ0) is 10.7. The van der Waals surface area contributed by atoms with Gasteiger partial charge in [-0.1, -0.05) is 0 Å². The van der Waals surface area contributed by atoms with Crippen LogP contribution in [-0.2, 0) is 0 Å². The highest BCUT2D eigenvalue weighted by Crippen LogP contribution is 2.20. The molecule has 0 bridgehead atoms. The highest BCUT2D eigenvalue weighted by Gasteiger charge is 2.18. The minimum absolute atomic E-state index is 0.430. The molecule has 1 saturated heterocycles. The van der Waals surface area contributed by atoms with E-state index < -0.39 is 6.17 Å². The van der Waals surface area contributed by atoms with E-state index >= 15 is 0 Å². The van der Waals surface area contributed by atoms with Gasteiger partial charge < -0.3 is 4.90 Å². The average molecular weight is 208 g/mol. The molecule has 1 fully saturated rings. The molecule has 3 nitrogen and oxygen atoms in total. The lowest BCUT2D eigenvalue weighted by Gasteiger charge is -2.30. The molecule has 2 rings (SSSR count). The van der Waals surface area contributed by atoms with Crippen molar-refractivity contribution in [2.45, 2.75) is 19.0 Å². The summed E-state index contributed by atoms with van der Waals surface area (Å²) in [6, 6.07) is 3.54. The second kappa shape index (κ2) is 4.38. The first kappa shape index (κ1) is 10.1. The molecule has 1 aromatic rings. The molecule has 4 heteroatoms. The Balaban J connectivity index is 2.06. The Kier molecular flexibility index (Phi) is 2.94. The molecule has 80 valence electrons. The van der Waals surface area contributed by atoms with Crippen molar-refractivity contribution in [2.24, 2.45) is 0 Å². The lowest BCUT2D eigenvalue weighted by molar-refractivity contribution is 0.111. The number of rotatable bonds is 2. The van der Waals surface area contributed by atoms with Gasteiger partial charge in [0.25, 0.3) is 0 Å². The van der Waals surface area contributed by atoms with Crippen LogP contribution in [0.3, 0.4) is 0 Å². The van der Waals surface area contributed by atoms with E-state index in [9.17, 15) is 9.18 Å². The Bertz CT molecular complexity index is 331. The number of nitrogens with zero attached hydrogens (tertiary/aromatic N) is 2. The Labute approximate surface area is 87.9 Å². The molecule has 0 atom stereocenters. The summed E-state index contributed by atoms with van der Waals surface area (Å²) < 4.78 is 12.9. The van der Waals surface area contributed by atoms with Gasteiger partial charge in [-0.05, 0) is 25.0 Å². The Hall–Kier alpha value is -1.45. The van der Waals surface area contributed by atoms with Crippen LogP contribution in [0.1, 0.15) is 23.3 Å². The van der Waals surface area contributed by atoms with Crippen LogP contribution in [0.4, 0.5) is 10.1 Å².